The molecule has 0 amide bonds. The van der Waals surface area contributed by atoms with Crippen molar-refractivity contribution in [3.63, 3.8) is 0 Å². The molecule has 2 N–H and O–H groups in total. The number of aliphatic hydroxyl groups is 1. The Bertz CT molecular complexity index is 165. The van der Waals surface area contributed by atoms with Gasteiger partial charge < -0.3 is 10.4 Å². The van der Waals surface area contributed by atoms with Gasteiger partial charge in [0.1, 0.15) is 0 Å². The zero-order chi connectivity index (χ0) is 8.60. The lowest BCUT2D eigenvalue weighted by Crippen LogP contribution is -2.54. The molecule has 2 rings (SSSR count). The highest BCUT2D eigenvalue weighted by atomic mass is 16.3. The zero-order valence-electron chi connectivity index (χ0n) is 7.84. The van der Waals surface area contributed by atoms with Crippen LogP contribution >= 0.6 is 0 Å². The summed E-state index contributed by atoms with van der Waals surface area (Å²) in [7, 11) is 0. The largest absolute Gasteiger partial charge is 0.390 e. The molecule has 3 atom stereocenters. The van der Waals surface area contributed by atoms with Crippen LogP contribution in [0.3, 0.4) is 0 Å². The molecule has 1 aliphatic carbocycles. The fourth-order valence-electron chi connectivity index (χ4n) is 2.87. The molecule has 0 aromatic heterocycles. The summed E-state index contributed by atoms with van der Waals surface area (Å²) in [4.78, 5) is 0. The SMILES string of the molecule is C[C@@]1(O)CCC[C@@H]2NCCC[C@@H]21. The van der Waals surface area contributed by atoms with Gasteiger partial charge in [0.25, 0.3) is 0 Å². The smallest absolute Gasteiger partial charge is 0.0662 e. The van der Waals surface area contributed by atoms with Crippen molar-refractivity contribution in [1.29, 1.82) is 0 Å². The van der Waals surface area contributed by atoms with E-state index in [0.717, 1.165) is 13.0 Å². The van der Waals surface area contributed by atoms with E-state index in [-0.39, 0.29) is 0 Å². The molecule has 0 spiro atoms. The lowest BCUT2D eigenvalue weighted by atomic mass is 9.70. The van der Waals surface area contributed by atoms with E-state index in [4.69, 9.17) is 0 Å². The van der Waals surface area contributed by atoms with E-state index in [9.17, 15) is 5.11 Å². The third-order valence-corrected chi connectivity index (χ3v) is 3.58. The summed E-state index contributed by atoms with van der Waals surface area (Å²) in [5, 5.41) is 13.6. The minimum absolute atomic E-state index is 0.393. The van der Waals surface area contributed by atoms with Gasteiger partial charge >= 0.3 is 0 Å². The molecule has 2 aliphatic rings. The second-order valence-corrected chi connectivity index (χ2v) is 4.56. The molecule has 2 nitrogen and oxygen atoms in total. The molecule has 1 saturated carbocycles. The van der Waals surface area contributed by atoms with Crippen LogP contribution in [-0.2, 0) is 0 Å². The summed E-state index contributed by atoms with van der Waals surface area (Å²) in [5.74, 6) is 0.514. The molecule has 2 heteroatoms. The predicted octanol–water partition coefficient (Wildman–Crippen LogP) is 1.29. The van der Waals surface area contributed by atoms with Crippen molar-refractivity contribution < 1.29 is 5.11 Å². The molecule has 70 valence electrons. The minimum atomic E-state index is -0.393. The maximum absolute atomic E-state index is 10.1. The molecule has 1 aliphatic heterocycles. The molecule has 0 bridgehead atoms. The van der Waals surface area contributed by atoms with Crippen molar-refractivity contribution in [3.8, 4) is 0 Å². The Morgan fingerprint density at radius 2 is 2.17 bits per heavy atom. The average Bonchev–Trinajstić information content (AvgIpc) is 2.04. The van der Waals surface area contributed by atoms with Gasteiger partial charge in [0.2, 0.25) is 0 Å². The highest BCUT2D eigenvalue weighted by molar-refractivity contribution is 4.96. The van der Waals surface area contributed by atoms with E-state index in [1.54, 1.807) is 0 Å². The first kappa shape index (κ1) is 8.52. The first-order chi connectivity index (χ1) is 5.70. The topological polar surface area (TPSA) is 32.3 Å². The second-order valence-electron chi connectivity index (χ2n) is 4.56. The molecule has 0 aromatic rings. The van der Waals surface area contributed by atoms with Crippen molar-refractivity contribution in [2.45, 2.75) is 50.7 Å². The van der Waals surface area contributed by atoms with Gasteiger partial charge in [-0.25, -0.2) is 0 Å². The van der Waals surface area contributed by atoms with Gasteiger partial charge in [-0.2, -0.15) is 0 Å². The Morgan fingerprint density at radius 1 is 1.33 bits per heavy atom. The van der Waals surface area contributed by atoms with Crippen LogP contribution in [0.15, 0.2) is 0 Å². The van der Waals surface area contributed by atoms with E-state index < -0.39 is 5.60 Å². The number of piperidine rings is 1. The quantitative estimate of drug-likeness (QED) is 0.572. The number of rotatable bonds is 0. The second kappa shape index (κ2) is 3.00. The highest BCUT2D eigenvalue weighted by Crippen LogP contribution is 2.38. The maximum atomic E-state index is 10.1. The summed E-state index contributed by atoms with van der Waals surface area (Å²) >= 11 is 0. The number of hydrogen-bond donors (Lipinski definition) is 2. The molecule has 0 unspecified atom stereocenters. The third kappa shape index (κ3) is 1.38. The summed E-state index contributed by atoms with van der Waals surface area (Å²) < 4.78 is 0. The Morgan fingerprint density at radius 3 is 2.92 bits per heavy atom. The van der Waals surface area contributed by atoms with Crippen LogP contribution < -0.4 is 5.32 Å². The van der Waals surface area contributed by atoms with Crippen molar-refractivity contribution in [2.24, 2.45) is 5.92 Å². The summed E-state index contributed by atoms with van der Waals surface area (Å²) in [6, 6.07) is 0.600. The maximum Gasteiger partial charge on any atom is 0.0662 e. The van der Waals surface area contributed by atoms with Crippen molar-refractivity contribution in [2.75, 3.05) is 6.54 Å². The monoisotopic (exact) mass is 169 g/mol. The van der Waals surface area contributed by atoms with Gasteiger partial charge in [0, 0.05) is 12.0 Å². The Balaban J connectivity index is 2.09. The predicted molar refractivity (Wildman–Crippen MR) is 49.0 cm³/mol. The van der Waals surface area contributed by atoms with E-state index in [2.05, 4.69) is 5.32 Å². The van der Waals surface area contributed by atoms with Gasteiger partial charge in [-0.3, -0.25) is 0 Å². The first-order valence-corrected chi connectivity index (χ1v) is 5.16. The van der Waals surface area contributed by atoms with Crippen LogP contribution in [0.2, 0.25) is 0 Å². The Hall–Kier alpha value is -0.0800. The first-order valence-electron chi connectivity index (χ1n) is 5.16. The van der Waals surface area contributed by atoms with E-state index in [1.807, 2.05) is 6.92 Å². The molecule has 12 heavy (non-hydrogen) atoms. The third-order valence-electron chi connectivity index (χ3n) is 3.58. The van der Waals surface area contributed by atoms with Crippen molar-refractivity contribution in [1.82, 2.24) is 5.32 Å². The van der Waals surface area contributed by atoms with Gasteiger partial charge in [0.15, 0.2) is 0 Å². The van der Waals surface area contributed by atoms with Gasteiger partial charge in [-0.1, -0.05) is 0 Å². The molecule has 1 saturated heterocycles. The number of nitrogens with one attached hydrogen (secondary N) is 1. The fraction of sp³-hybridized carbons (Fsp3) is 1.00. The summed E-state index contributed by atoms with van der Waals surface area (Å²) in [6.45, 7) is 3.16. The van der Waals surface area contributed by atoms with Crippen LogP contribution in [0.4, 0.5) is 0 Å². The van der Waals surface area contributed by atoms with Crippen LogP contribution in [-0.4, -0.2) is 23.3 Å². The van der Waals surface area contributed by atoms with Gasteiger partial charge in [-0.15, -0.1) is 0 Å². The summed E-state index contributed by atoms with van der Waals surface area (Å²) in [5.41, 5.74) is -0.393. The molecular formula is C10H19NO. The fourth-order valence-corrected chi connectivity index (χ4v) is 2.87. The molecule has 0 radical (unpaired) electrons. The van der Waals surface area contributed by atoms with E-state index in [0.29, 0.717) is 12.0 Å². The normalized spacial score (nSPS) is 48.5. The zero-order valence-corrected chi connectivity index (χ0v) is 7.84. The van der Waals surface area contributed by atoms with Gasteiger partial charge in [-0.05, 0) is 45.6 Å². The van der Waals surface area contributed by atoms with Crippen molar-refractivity contribution in [3.05, 3.63) is 0 Å². The van der Waals surface area contributed by atoms with Crippen LogP contribution in [0.25, 0.3) is 0 Å². The lowest BCUT2D eigenvalue weighted by molar-refractivity contribution is -0.0583. The van der Waals surface area contributed by atoms with E-state index in [1.165, 1.54) is 25.7 Å². The molecular weight excluding hydrogens is 150 g/mol. The average molecular weight is 169 g/mol. The minimum Gasteiger partial charge on any atom is -0.390 e. The van der Waals surface area contributed by atoms with Crippen LogP contribution in [0.1, 0.15) is 39.0 Å². The molecule has 1 heterocycles. The van der Waals surface area contributed by atoms with E-state index >= 15 is 0 Å². The summed E-state index contributed by atoms with van der Waals surface area (Å²) in [6.07, 6.45) is 5.89. The number of fused-ring (bicyclic) bond motifs is 1. The van der Waals surface area contributed by atoms with Crippen LogP contribution in [0.5, 0.6) is 0 Å². The molecule has 0 aromatic carbocycles. The lowest BCUT2D eigenvalue weighted by Gasteiger charge is -2.45. The van der Waals surface area contributed by atoms with Crippen molar-refractivity contribution >= 4 is 0 Å². The Labute approximate surface area is 74.4 Å². The van der Waals surface area contributed by atoms with Gasteiger partial charge in [0.05, 0.1) is 5.60 Å². The van der Waals surface area contributed by atoms with Crippen LogP contribution in [0, 0.1) is 5.92 Å². The highest BCUT2D eigenvalue weighted by Gasteiger charge is 2.41. The Kier molecular flexibility index (Phi) is 2.13. The number of hydrogen-bond acceptors (Lipinski definition) is 2. The molecule has 2 fully saturated rings. The standard InChI is InChI=1S/C10H19NO/c1-10(12)6-2-5-9-8(10)4-3-7-11-9/h8-9,11-12H,2-7H2,1H3/t8-,9-,10+/m0/s1.